The van der Waals surface area contributed by atoms with E-state index in [2.05, 4.69) is 18.7 Å². The van der Waals surface area contributed by atoms with Gasteiger partial charge in [0.15, 0.2) is 5.65 Å². The summed E-state index contributed by atoms with van der Waals surface area (Å²) in [5, 5.41) is 16.0. The Morgan fingerprint density at radius 2 is 2.07 bits per heavy atom. The summed E-state index contributed by atoms with van der Waals surface area (Å²) in [5.41, 5.74) is 4.46. The van der Waals surface area contributed by atoms with E-state index in [0.717, 1.165) is 78.5 Å². The Balaban J connectivity index is 1.59. The number of piperidine rings is 1. The van der Waals surface area contributed by atoms with E-state index in [-0.39, 0.29) is 0 Å². The fourth-order valence-corrected chi connectivity index (χ4v) is 5.10. The number of aliphatic hydroxyl groups is 1. The van der Waals surface area contributed by atoms with Gasteiger partial charge in [0.1, 0.15) is 11.6 Å². The summed E-state index contributed by atoms with van der Waals surface area (Å²) >= 11 is 0. The second kappa shape index (κ2) is 6.34. The molecule has 1 aliphatic heterocycles. The van der Waals surface area contributed by atoms with Crippen molar-refractivity contribution in [1.29, 1.82) is 0 Å². The van der Waals surface area contributed by atoms with Crippen LogP contribution in [0.5, 0.6) is 0 Å². The number of aryl methyl sites for hydroxylation is 2. The summed E-state index contributed by atoms with van der Waals surface area (Å²) in [6.07, 6.45) is 6.95. The molecular weight excluding hydrogens is 352 g/mol. The molecule has 0 bridgehead atoms. The van der Waals surface area contributed by atoms with Crippen molar-refractivity contribution in [2.24, 2.45) is 5.92 Å². The standard InChI is InChI=1S/C22H28N4O2/c1-14-15(2)23-20-12-19(18-7-11-28-16(18)3)24-26(20)21(14)25-10-9-22(27)8-5-4-6-17(22)13-25/h7,11-12,17,27H,4-6,8-10,13H2,1-3H3/t17-,22-/m1/s1. The predicted octanol–water partition coefficient (Wildman–Crippen LogP) is 4.05. The molecule has 0 aromatic carbocycles. The predicted molar refractivity (Wildman–Crippen MR) is 109 cm³/mol. The SMILES string of the molecule is Cc1nc2cc(-c3ccoc3C)nn2c(N2CC[C@]3(O)CCCC[C@@H]3C2)c1C. The minimum atomic E-state index is -0.479. The van der Waals surface area contributed by atoms with Crippen LogP contribution in [0.2, 0.25) is 0 Å². The summed E-state index contributed by atoms with van der Waals surface area (Å²) in [4.78, 5) is 7.20. The highest BCUT2D eigenvalue weighted by Crippen LogP contribution is 2.41. The van der Waals surface area contributed by atoms with E-state index < -0.39 is 5.60 Å². The van der Waals surface area contributed by atoms with Crippen LogP contribution in [0.4, 0.5) is 5.82 Å². The summed E-state index contributed by atoms with van der Waals surface area (Å²) in [6.45, 7) is 7.89. The van der Waals surface area contributed by atoms with Gasteiger partial charge in [-0.2, -0.15) is 9.61 Å². The molecule has 148 valence electrons. The molecule has 0 radical (unpaired) electrons. The molecular formula is C22H28N4O2. The first-order chi connectivity index (χ1) is 13.5. The molecule has 0 amide bonds. The van der Waals surface area contributed by atoms with E-state index in [1.54, 1.807) is 6.26 Å². The number of hydrogen-bond donors (Lipinski definition) is 1. The van der Waals surface area contributed by atoms with Crippen LogP contribution < -0.4 is 4.90 Å². The number of furan rings is 1. The molecule has 1 saturated heterocycles. The zero-order valence-corrected chi connectivity index (χ0v) is 16.9. The summed E-state index contributed by atoms with van der Waals surface area (Å²) in [5.74, 6) is 2.32. The third-order valence-electron chi connectivity index (χ3n) is 6.91. The van der Waals surface area contributed by atoms with Gasteiger partial charge in [0.2, 0.25) is 0 Å². The highest BCUT2D eigenvalue weighted by atomic mass is 16.3. The van der Waals surface area contributed by atoms with Gasteiger partial charge in [-0.1, -0.05) is 12.8 Å². The minimum absolute atomic E-state index is 0.337. The molecule has 2 aliphatic rings. The molecule has 6 heteroatoms. The van der Waals surface area contributed by atoms with Gasteiger partial charge >= 0.3 is 0 Å². The molecule has 6 nitrogen and oxygen atoms in total. The highest BCUT2D eigenvalue weighted by Gasteiger charge is 2.43. The van der Waals surface area contributed by atoms with Crippen LogP contribution in [-0.4, -0.2) is 38.4 Å². The molecule has 1 saturated carbocycles. The Labute approximate surface area is 165 Å². The quantitative estimate of drug-likeness (QED) is 0.727. The molecule has 3 aromatic heterocycles. The van der Waals surface area contributed by atoms with E-state index in [1.807, 2.05) is 23.6 Å². The largest absolute Gasteiger partial charge is 0.469 e. The molecule has 2 atom stereocenters. The van der Waals surface area contributed by atoms with Crippen molar-refractivity contribution >= 4 is 11.5 Å². The fourth-order valence-electron chi connectivity index (χ4n) is 5.10. The fraction of sp³-hybridized carbons (Fsp3) is 0.545. The van der Waals surface area contributed by atoms with Gasteiger partial charge in [-0.3, -0.25) is 0 Å². The van der Waals surface area contributed by atoms with E-state index in [4.69, 9.17) is 14.5 Å². The van der Waals surface area contributed by atoms with E-state index in [1.165, 1.54) is 6.42 Å². The van der Waals surface area contributed by atoms with Crippen molar-refractivity contribution in [2.75, 3.05) is 18.0 Å². The van der Waals surface area contributed by atoms with Crippen molar-refractivity contribution in [3.8, 4) is 11.3 Å². The van der Waals surface area contributed by atoms with Gasteiger partial charge in [-0.15, -0.1) is 0 Å². The Hall–Kier alpha value is -2.34. The molecule has 4 heterocycles. The summed E-state index contributed by atoms with van der Waals surface area (Å²) in [7, 11) is 0. The number of anilines is 1. The van der Waals surface area contributed by atoms with Crippen molar-refractivity contribution < 1.29 is 9.52 Å². The third-order valence-corrected chi connectivity index (χ3v) is 6.91. The molecule has 2 fully saturated rings. The van der Waals surface area contributed by atoms with Gasteiger partial charge in [0.25, 0.3) is 0 Å². The van der Waals surface area contributed by atoms with E-state index >= 15 is 0 Å². The number of fused-ring (bicyclic) bond motifs is 2. The van der Waals surface area contributed by atoms with Gasteiger partial charge < -0.3 is 14.4 Å². The Bertz CT molecular complexity index is 1040. The molecule has 5 rings (SSSR count). The van der Waals surface area contributed by atoms with Gasteiger partial charge in [0, 0.05) is 41.9 Å². The third kappa shape index (κ3) is 2.65. The average molecular weight is 380 g/mol. The lowest BCUT2D eigenvalue weighted by molar-refractivity contribution is -0.0614. The summed E-state index contributed by atoms with van der Waals surface area (Å²) in [6, 6.07) is 3.99. The van der Waals surface area contributed by atoms with Crippen LogP contribution in [0.15, 0.2) is 22.8 Å². The Morgan fingerprint density at radius 1 is 1.21 bits per heavy atom. The van der Waals surface area contributed by atoms with E-state index in [9.17, 15) is 5.11 Å². The molecule has 0 spiro atoms. The van der Waals surface area contributed by atoms with Gasteiger partial charge in [0.05, 0.1) is 17.6 Å². The van der Waals surface area contributed by atoms with Gasteiger partial charge in [-0.25, -0.2) is 4.98 Å². The highest BCUT2D eigenvalue weighted by molar-refractivity contribution is 5.68. The molecule has 3 aromatic rings. The first kappa shape index (κ1) is 17.7. The monoisotopic (exact) mass is 380 g/mol. The number of hydrogen-bond acceptors (Lipinski definition) is 5. The van der Waals surface area contributed by atoms with Gasteiger partial charge in [-0.05, 0) is 46.1 Å². The average Bonchev–Trinajstić information content (AvgIpc) is 3.28. The Kier molecular flexibility index (Phi) is 4.02. The smallest absolute Gasteiger partial charge is 0.158 e. The number of rotatable bonds is 2. The zero-order valence-electron chi connectivity index (χ0n) is 16.9. The zero-order chi connectivity index (χ0) is 19.5. The number of nitrogens with zero attached hydrogens (tertiary/aromatic N) is 4. The van der Waals surface area contributed by atoms with Crippen LogP contribution in [0.25, 0.3) is 16.9 Å². The second-order valence-corrected chi connectivity index (χ2v) is 8.58. The van der Waals surface area contributed by atoms with Crippen molar-refractivity contribution in [3.63, 3.8) is 0 Å². The Morgan fingerprint density at radius 3 is 2.86 bits per heavy atom. The van der Waals surface area contributed by atoms with Crippen LogP contribution in [0.3, 0.4) is 0 Å². The van der Waals surface area contributed by atoms with Crippen molar-refractivity contribution in [2.45, 2.75) is 58.5 Å². The number of aromatic nitrogens is 3. The topological polar surface area (TPSA) is 66.8 Å². The van der Waals surface area contributed by atoms with Crippen LogP contribution in [0.1, 0.15) is 49.1 Å². The minimum Gasteiger partial charge on any atom is -0.469 e. The maximum absolute atomic E-state index is 11.1. The lowest BCUT2D eigenvalue weighted by Gasteiger charge is -2.48. The molecule has 1 N–H and O–H groups in total. The molecule has 28 heavy (non-hydrogen) atoms. The maximum atomic E-state index is 11.1. The van der Waals surface area contributed by atoms with Crippen LogP contribution >= 0.6 is 0 Å². The molecule has 0 unspecified atom stereocenters. The second-order valence-electron chi connectivity index (χ2n) is 8.58. The first-order valence-electron chi connectivity index (χ1n) is 10.3. The van der Waals surface area contributed by atoms with Crippen molar-refractivity contribution in [3.05, 3.63) is 35.4 Å². The normalized spacial score (nSPS) is 25.3. The van der Waals surface area contributed by atoms with Crippen LogP contribution in [-0.2, 0) is 0 Å². The summed E-state index contributed by atoms with van der Waals surface area (Å²) < 4.78 is 7.45. The maximum Gasteiger partial charge on any atom is 0.158 e. The van der Waals surface area contributed by atoms with Crippen molar-refractivity contribution in [1.82, 2.24) is 14.6 Å². The van der Waals surface area contributed by atoms with Crippen LogP contribution in [0, 0.1) is 26.7 Å². The van der Waals surface area contributed by atoms with E-state index in [0.29, 0.717) is 5.92 Å². The lowest BCUT2D eigenvalue weighted by Crippen LogP contribution is -2.54. The lowest BCUT2D eigenvalue weighted by atomic mass is 9.71. The molecule has 1 aliphatic carbocycles. The first-order valence-corrected chi connectivity index (χ1v) is 10.3.